The lowest BCUT2D eigenvalue weighted by molar-refractivity contribution is -0.385. The summed E-state index contributed by atoms with van der Waals surface area (Å²) >= 11 is 0. The second-order valence-electron chi connectivity index (χ2n) is 2.78. The van der Waals surface area contributed by atoms with Crippen LogP contribution in [0.3, 0.4) is 0 Å². The van der Waals surface area contributed by atoms with Gasteiger partial charge in [-0.1, -0.05) is 0 Å². The second-order valence-corrected chi connectivity index (χ2v) is 2.78. The van der Waals surface area contributed by atoms with Crippen LogP contribution in [0.15, 0.2) is 12.1 Å². The van der Waals surface area contributed by atoms with E-state index in [9.17, 15) is 19.3 Å². The average Bonchev–Trinajstić information content (AvgIpc) is 2.16. The molecule has 1 rings (SSSR count). The molecule has 0 aliphatic rings. The smallest absolute Gasteiger partial charge is 0.273 e. The highest BCUT2D eigenvalue weighted by atomic mass is 19.1. The molecular weight excluding hydrogens is 203 g/mol. The van der Waals surface area contributed by atoms with Gasteiger partial charge in [0.25, 0.3) is 5.69 Å². The number of Topliss-reactive ketones (excluding diaryl/α,β-unsaturated/α-hetero) is 1. The van der Waals surface area contributed by atoms with Crippen molar-refractivity contribution in [2.45, 2.75) is 6.92 Å². The molecule has 15 heavy (non-hydrogen) atoms. The summed E-state index contributed by atoms with van der Waals surface area (Å²) in [5.74, 6) is -1.65. The predicted octanol–water partition coefficient (Wildman–Crippen LogP) is 1.81. The molecule has 1 aromatic carbocycles. The Morgan fingerprint density at radius 1 is 1.60 bits per heavy atom. The molecule has 0 unspecified atom stereocenters. The van der Waals surface area contributed by atoms with Gasteiger partial charge in [-0.3, -0.25) is 14.9 Å². The van der Waals surface area contributed by atoms with Crippen molar-refractivity contribution < 1.29 is 14.1 Å². The van der Waals surface area contributed by atoms with Crippen molar-refractivity contribution in [3.63, 3.8) is 0 Å². The Labute approximate surface area is 83.9 Å². The van der Waals surface area contributed by atoms with Crippen LogP contribution in [0.1, 0.15) is 22.8 Å². The van der Waals surface area contributed by atoms with E-state index >= 15 is 0 Å². The first-order valence-corrected chi connectivity index (χ1v) is 3.86. The monoisotopic (exact) mass is 208 g/mol. The molecule has 5 nitrogen and oxygen atoms in total. The molecule has 0 saturated heterocycles. The third kappa shape index (κ3) is 1.96. The Balaban J connectivity index is 3.54. The number of non-ortho nitro benzene ring substituents is 1. The first-order valence-electron chi connectivity index (χ1n) is 3.86. The van der Waals surface area contributed by atoms with Gasteiger partial charge >= 0.3 is 0 Å². The number of halogens is 1. The van der Waals surface area contributed by atoms with Crippen LogP contribution in [-0.2, 0) is 0 Å². The minimum absolute atomic E-state index is 0.274. The number of carbonyl (C=O) groups excluding carboxylic acids is 1. The van der Waals surface area contributed by atoms with E-state index < -0.39 is 27.8 Å². The third-order valence-electron chi connectivity index (χ3n) is 1.78. The van der Waals surface area contributed by atoms with E-state index in [0.29, 0.717) is 6.07 Å². The van der Waals surface area contributed by atoms with Gasteiger partial charge in [-0.25, -0.2) is 4.39 Å². The summed E-state index contributed by atoms with van der Waals surface area (Å²) in [6.45, 7) is 1.11. The standard InChI is InChI=1S/C9H5FN2O3/c1-5(13)7-2-6(12(14)15)3-9(10)8(7)4-11/h2-3H,1H3. The lowest BCUT2D eigenvalue weighted by Gasteiger charge is -2.00. The number of hydrogen-bond acceptors (Lipinski definition) is 4. The van der Waals surface area contributed by atoms with Crippen LogP contribution in [0.2, 0.25) is 0 Å². The lowest BCUT2D eigenvalue weighted by Crippen LogP contribution is -2.02. The molecule has 0 N–H and O–H groups in total. The number of carbonyl (C=O) groups is 1. The molecular formula is C9H5FN2O3. The molecule has 0 fully saturated rings. The third-order valence-corrected chi connectivity index (χ3v) is 1.78. The van der Waals surface area contributed by atoms with E-state index in [2.05, 4.69) is 0 Å². The van der Waals surface area contributed by atoms with Crippen molar-refractivity contribution in [1.29, 1.82) is 5.26 Å². The Kier molecular flexibility index (Phi) is 2.76. The summed E-state index contributed by atoms with van der Waals surface area (Å²) in [6.07, 6.45) is 0. The van der Waals surface area contributed by atoms with E-state index in [1.54, 1.807) is 0 Å². The number of nitro groups is 1. The zero-order valence-corrected chi connectivity index (χ0v) is 7.65. The molecule has 0 aliphatic carbocycles. The first kappa shape index (κ1) is 10.8. The molecule has 1 aromatic rings. The van der Waals surface area contributed by atoms with Gasteiger partial charge in [0.2, 0.25) is 0 Å². The fourth-order valence-electron chi connectivity index (χ4n) is 1.09. The highest BCUT2D eigenvalue weighted by Gasteiger charge is 2.18. The van der Waals surface area contributed by atoms with Gasteiger partial charge in [-0.2, -0.15) is 5.26 Å². The Morgan fingerprint density at radius 2 is 2.20 bits per heavy atom. The molecule has 76 valence electrons. The zero-order chi connectivity index (χ0) is 11.6. The number of nitrogens with zero attached hydrogens (tertiary/aromatic N) is 2. The van der Waals surface area contributed by atoms with Crippen molar-refractivity contribution in [1.82, 2.24) is 0 Å². The first-order chi connectivity index (χ1) is 6.97. The Hall–Kier alpha value is -2.29. The molecule has 0 heterocycles. The summed E-state index contributed by atoms with van der Waals surface area (Å²) in [4.78, 5) is 20.6. The van der Waals surface area contributed by atoms with E-state index in [1.807, 2.05) is 0 Å². The van der Waals surface area contributed by atoms with Gasteiger partial charge in [0.05, 0.1) is 16.6 Å². The molecule has 6 heteroatoms. The molecule has 0 aliphatic heterocycles. The number of rotatable bonds is 2. The fourth-order valence-corrected chi connectivity index (χ4v) is 1.09. The molecule has 0 radical (unpaired) electrons. The number of hydrogen-bond donors (Lipinski definition) is 0. The maximum atomic E-state index is 13.2. The molecule has 0 bridgehead atoms. The van der Waals surface area contributed by atoms with Gasteiger partial charge in [0.15, 0.2) is 5.78 Å². The minimum Gasteiger partial charge on any atom is -0.294 e. The quantitative estimate of drug-likeness (QED) is 0.421. The van der Waals surface area contributed by atoms with Gasteiger partial charge in [0.1, 0.15) is 11.9 Å². The summed E-state index contributed by atoms with van der Waals surface area (Å²) in [7, 11) is 0. The fraction of sp³-hybridized carbons (Fsp3) is 0.111. The van der Waals surface area contributed by atoms with Crippen molar-refractivity contribution >= 4 is 11.5 Å². The Bertz CT molecular complexity index is 491. The largest absolute Gasteiger partial charge is 0.294 e. The summed E-state index contributed by atoms with van der Waals surface area (Å²) in [6, 6.07) is 3.00. The van der Waals surface area contributed by atoms with Crippen LogP contribution in [0.5, 0.6) is 0 Å². The summed E-state index contributed by atoms with van der Waals surface area (Å²) < 4.78 is 13.2. The van der Waals surface area contributed by atoms with Crippen LogP contribution in [0, 0.1) is 27.3 Å². The second kappa shape index (κ2) is 3.84. The van der Waals surface area contributed by atoms with Crippen molar-refractivity contribution in [3.8, 4) is 6.07 Å². The maximum absolute atomic E-state index is 13.2. The van der Waals surface area contributed by atoms with Crippen LogP contribution < -0.4 is 0 Å². The maximum Gasteiger partial charge on any atom is 0.273 e. The van der Waals surface area contributed by atoms with E-state index in [1.165, 1.54) is 6.07 Å². The molecule has 0 amide bonds. The van der Waals surface area contributed by atoms with Gasteiger partial charge in [-0.15, -0.1) is 0 Å². The number of nitro benzene ring substituents is 1. The Morgan fingerprint density at radius 3 is 2.60 bits per heavy atom. The van der Waals surface area contributed by atoms with E-state index in [4.69, 9.17) is 5.26 Å². The number of benzene rings is 1. The molecule has 0 saturated carbocycles. The zero-order valence-electron chi connectivity index (χ0n) is 7.65. The van der Waals surface area contributed by atoms with Crippen LogP contribution in [-0.4, -0.2) is 10.7 Å². The summed E-state index contributed by atoms with van der Waals surface area (Å²) in [5, 5.41) is 18.9. The molecule has 0 aromatic heterocycles. The van der Waals surface area contributed by atoms with Crippen LogP contribution in [0.4, 0.5) is 10.1 Å². The van der Waals surface area contributed by atoms with Crippen molar-refractivity contribution in [3.05, 3.63) is 39.2 Å². The highest BCUT2D eigenvalue weighted by molar-refractivity contribution is 5.97. The van der Waals surface area contributed by atoms with Crippen molar-refractivity contribution in [2.24, 2.45) is 0 Å². The van der Waals surface area contributed by atoms with Gasteiger partial charge in [0, 0.05) is 11.6 Å². The normalized spacial score (nSPS) is 9.40. The molecule has 0 spiro atoms. The number of ketones is 1. The minimum atomic E-state index is -1.06. The summed E-state index contributed by atoms with van der Waals surface area (Å²) in [5.41, 5.74) is -1.28. The average molecular weight is 208 g/mol. The van der Waals surface area contributed by atoms with Crippen LogP contribution >= 0.6 is 0 Å². The van der Waals surface area contributed by atoms with Crippen molar-refractivity contribution in [2.75, 3.05) is 0 Å². The van der Waals surface area contributed by atoms with Gasteiger partial charge < -0.3 is 0 Å². The van der Waals surface area contributed by atoms with E-state index in [0.717, 1.165) is 13.0 Å². The topological polar surface area (TPSA) is 84.0 Å². The molecule has 0 atom stereocenters. The van der Waals surface area contributed by atoms with E-state index in [-0.39, 0.29) is 5.56 Å². The number of nitriles is 1. The van der Waals surface area contributed by atoms with Gasteiger partial charge in [-0.05, 0) is 6.92 Å². The highest BCUT2D eigenvalue weighted by Crippen LogP contribution is 2.21. The van der Waals surface area contributed by atoms with Crippen LogP contribution in [0.25, 0.3) is 0 Å². The lowest BCUT2D eigenvalue weighted by atomic mass is 10.0. The SMILES string of the molecule is CC(=O)c1cc([N+](=O)[O-])cc(F)c1C#N. The predicted molar refractivity (Wildman–Crippen MR) is 47.8 cm³/mol.